The highest BCUT2D eigenvalue weighted by Crippen LogP contribution is 2.21. The van der Waals surface area contributed by atoms with Crippen molar-refractivity contribution in [1.29, 1.82) is 0 Å². The van der Waals surface area contributed by atoms with Crippen molar-refractivity contribution in [3.05, 3.63) is 30.3 Å². The van der Waals surface area contributed by atoms with Gasteiger partial charge in [-0.3, -0.25) is 4.79 Å². The SMILES string of the molecule is CC(C)C(=O)N[C@@H]1C[C@H]1NC[C@@H](O)COc1ccccc1. The van der Waals surface area contributed by atoms with Crippen molar-refractivity contribution in [2.24, 2.45) is 5.92 Å². The number of hydrogen-bond acceptors (Lipinski definition) is 4. The van der Waals surface area contributed by atoms with Gasteiger partial charge in [-0.2, -0.15) is 0 Å². The lowest BCUT2D eigenvalue weighted by molar-refractivity contribution is -0.124. The first-order chi connectivity index (χ1) is 10.1. The van der Waals surface area contributed by atoms with Crippen LogP contribution in [0.1, 0.15) is 20.3 Å². The van der Waals surface area contributed by atoms with E-state index < -0.39 is 6.10 Å². The summed E-state index contributed by atoms with van der Waals surface area (Å²) in [5.74, 6) is 0.846. The third-order valence-corrected chi connectivity index (χ3v) is 3.44. The molecule has 5 nitrogen and oxygen atoms in total. The van der Waals surface area contributed by atoms with Crippen LogP contribution in [-0.2, 0) is 4.79 Å². The number of aliphatic hydroxyl groups excluding tert-OH is 1. The molecular formula is C16H24N2O3. The lowest BCUT2D eigenvalue weighted by Crippen LogP contribution is -2.38. The van der Waals surface area contributed by atoms with Gasteiger partial charge in [0.1, 0.15) is 18.5 Å². The third kappa shape index (κ3) is 5.36. The molecule has 1 aromatic carbocycles. The summed E-state index contributed by atoms with van der Waals surface area (Å²) in [4.78, 5) is 11.5. The first-order valence-electron chi connectivity index (χ1n) is 7.46. The number of carbonyl (C=O) groups is 1. The van der Waals surface area contributed by atoms with Crippen molar-refractivity contribution in [2.45, 2.75) is 38.5 Å². The summed E-state index contributed by atoms with van der Waals surface area (Å²) in [5.41, 5.74) is 0. The Morgan fingerprint density at radius 2 is 2.05 bits per heavy atom. The number of nitrogens with one attached hydrogen (secondary N) is 2. The highest BCUT2D eigenvalue weighted by molar-refractivity contribution is 5.78. The molecule has 2 rings (SSSR count). The molecule has 3 N–H and O–H groups in total. The lowest BCUT2D eigenvalue weighted by atomic mass is 10.2. The fourth-order valence-corrected chi connectivity index (χ4v) is 1.98. The summed E-state index contributed by atoms with van der Waals surface area (Å²) in [5, 5.41) is 16.1. The van der Waals surface area contributed by atoms with Gasteiger partial charge in [0.05, 0.1) is 0 Å². The molecule has 1 saturated carbocycles. The van der Waals surface area contributed by atoms with Gasteiger partial charge < -0.3 is 20.5 Å². The molecule has 116 valence electrons. The van der Waals surface area contributed by atoms with Crippen molar-refractivity contribution in [3.8, 4) is 5.75 Å². The molecule has 0 unspecified atom stereocenters. The summed E-state index contributed by atoms with van der Waals surface area (Å²) >= 11 is 0. The molecule has 1 aliphatic rings. The highest BCUT2D eigenvalue weighted by atomic mass is 16.5. The Balaban J connectivity index is 1.58. The zero-order valence-corrected chi connectivity index (χ0v) is 12.6. The Morgan fingerprint density at radius 1 is 1.33 bits per heavy atom. The van der Waals surface area contributed by atoms with Crippen molar-refractivity contribution in [2.75, 3.05) is 13.2 Å². The van der Waals surface area contributed by atoms with Gasteiger partial charge >= 0.3 is 0 Å². The van der Waals surface area contributed by atoms with E-state index in [-0.39, 0.29) is 30.5 Å². The van der Waals surface area contributed by atoms with Gasteiger partial charge in [0.15, 0.2) is 0 Å². The van der Waals surface area contributed by atoms with Gasteiger partial charge in [0.25, 0.3) is 0 Å². The molecule has 1 aliphatic carbocycles. The van der Waals surface area contributed by atoms with Gasteiger partial charge in [0.2, 0.25) is 5.91 Å². The van der Waals surface area contributed by atoms with E-state index in [2.05, 4.69) is 10.6 Å². The molecule has 0 saturated heterocycles. The lowest BCUT2D eigenvalue weighted by Gasteiger charge is -2.13. The van der Waals surface area contributed by atoms with E-state index in [1.165, 1.54) is 0 Å². The Hall–Kier alpha value is -1.59. The van der Waals surface area contributed by atoms with Crippen LogP contribution in [0.2, 0.25) is 0 Å². The molecule has 1 aromatic rings. The molecule has 3 atom stereocenters. The average molecular weight is 292 g/mol. The number of carbonyl (C=O) groups excluding carboxylic acids is 1. The van der Waals surface area contributed by atoms with E-state index in [1.807, 2.05) is 44.2 Å². The second-order valence-corrected chi connectivity index (χ2v) is 5.80. The maximum atomic E-state index is 11.5. The van der Waals surface area contributed by atoms with E-state index in [0.29, 0.717) is 6.54 Å². The van der Waals surface area contributed by atoms with Crippen LogP contribution in [0.5, 0.6) is 5.75 Å². The fraction of sp³-hybridized carbons (Fsp3) is 0.562. The Labute approximate surface area is 125 Å². The van der Waals surface area contributed by atoms with Crippen molar-refractivity contribution in [1.82, 2.24) is 10.6 Å². The predicted octanol–water partition coefficient (Wildman–Crippen LogP) is 0.929. The number of hydrogen-bond donors (Lipinski definition) is 3. The molecule has 0 heterocycles. The maximum Gasteiger partial charge on any atom is 0.222 e. The summed E-state index contributed by atoms with van der Waals surface area (Å²) in [6, 6.07) is 9.89. The smallest absolute Gasteiger partial charge is 0.222 e. The number of amides is 1. The van der Waals surface area contributed by atoms with Gasteiger partial charge in [-0.05, 0) is 18.6 Å². The van der Waals surface area contributed by atoms with Crippen LogP contribution in [0.4, 0.5) is 0 Å². The minimum atomic E-state index is -0.563. The summed E-state index contributed by atoms with van der Waals surface area (Å²) < 4.78 is 5.48. The molecule has 1 fully saturated rings. The molecule has 21 heavy (non-hydrogen) atoms. The number of rotatable bonds is 8. The van der Waals surface area contributed by atoms with E-state index >= 15 is 0 Å². The highest BCUT2D eigenvalue weighted by Gasteiger charge is 2.38. The molecule has 0 aliphatic heterocycles. The standard InChI is InChI=1S/C16H24N2O3/c1-11(2)16(20)18-15-8-14(15)17-9-12(19)10-21-13-6-4-3-5-7-13/h3-7,11-12,14-15,17,19H,8-10H2,1-2H3,(H,18,20)/t12-,14-,15-/m1/s1. The first kappa shape index (κ1) is 15.8. The van der Waals surface area contributed by atoms with Crippen molar-refractivity contribution >= 4 is 5.91 Å². The van der Waals surface area contributed by atoms with E-state index in [9.17, 15) is 9.90 Å². The van der Waals surface area contributed by atoms with Gasteiger partial charge in [-0.25, -0.2) is 0 Å². The molecular weight excluding hydrogens is 268 g/mol. The monoisotopic (exact) mass is 292 g/mol. The van der Waals surface area contributed by atoms with Crippen LogP contribution in [-0.4, -0.2) is 42.4 Å². The maximum absolute atomic E-state index is 11.5. The number of aliphatic hydroxyl groups is 1. The minimum Gasteiger partial charge on any atom is -0.491 e. The molecule has 1 amide bonds. The zero-order valence-electron chi connectivity index (χ0n) is 12.6. The largest absolute Gasteiger partial charge is 0.491 e. The van der Waals surface area contributed by atoms with E-state index in [4.69, 9.17) is 4.74 Å². The second-order valence-electron chi connectivity index (χ2n) is 5.80. The zero-order chi connectivity index (χ0) is 15.2. The summed E-state index contributed by atoms with van der Waals surface area (Å²) in [6.07, 6.45) is 0.359. The molecule has 0 spiro atoms. The number of para-hydroxylation sites is 1. The quantitative estimate of drug-likeness (QED) is 0.666. The van der Waals surface area contributed by atoms with Crippen LogP contribution in [0, 0.1) is 5.92 Å². The van der Waals surface area contributed by atoms with Crippen molar-refractivity contribution in [3.63, 3.8) is 0 Å². The fourth-order valence-electron chi connectivity index (χ4n) is 1.98. The topological polar surface area (TPSA) is 70.6 Å². The normalized spacial score (nSPS) is 21.9. The first-order valence-corrected chi connectivity index (χ1v) is 7.46. The Morgan fingerprint density at radius 3 is 2.71 bits per heavy atom. The second kappa shape index (κ2) is 7.43. The van der Waals surface area contributed by atoms with Crippen LogP contribution < -0.4 is 15.4 Å². The van der Waals surface area contributed by atoms with Crippen LogP contribution >= 0.6 is 0 Å². The molecule has 0 bridgehead atoms. The van der Waals surface area contributed by atoms with Gasteiger partial charge in [-0.1, -0.05) is 32.0 Å². The van der Waals surface area contributed by atoms with Gasteiger partial charge in [-0.15, -0.1) is 0 Å². The molecule has 5 heteroatoms. The van der Waals surface area contributed by atoms with E-state index in [1.54, 1.807) is 0 Å². The summed E-state index contributed by atoms with van der Waals surface area (Å²) in [7, 11) is 0. The van der Waals surface area contributed by atoms with Crippen LogP contribution in [0.15, 0.2) is 30.3 Å². The predicted molar refractivity (Wildman–Crippen MR) is 81.1 cm³/mol. The average Bonchev–Trinajstić information content (AvgIpc) is 3.22. The molecule has 0 radical (unpaired) electrons. The number of benzene rings is 1. The Kier molecular flexibility index (Phi) is 5.59. The Bertz CT molecular complexity index is 450. The molecule has 0 aromatic heterocycles. The third-order valence-electron chi connectivity index (χ3n) is 3.44. The minimum absolute atomic E-state index is 0.0103. The summed E-state index contributed by atoms with van der Waals surface area (Å²) in [6.45, 7) is 4.48. The van der Waals surface area contributed by atoms with Crippen molar-refractivity contribution < 1.29 is 14.6 Å². The van der Waals surface area contributed by atoms with Gasteiger partial charge in [0, 0.05) is 24.5 Å². The van der Waals surface area contributed by atoms with Crippen LogP contribution in [0.3, 0.4) is 0 Å². The van der Waals surface area contributed by atoms with E-state index in [0.717, 1.165) is 12.2 Å². The van der Waals surface area contributed by atoms with Crippen LogP contribution in [0.25, 0.3) is 0 Å². The number of ether oxygens (including phenoxy) is 1.